The van der Waals surface area contributed by atoms with Crippen LogP contribution in [0.3, 0.4) is 0 Å². The zero-order valence-corrected chi connectivity index (χ0v) is 12.7. The third-order valence-corrected chi connectivity index (χ3v) is 4.56. The number of benzene rings is 1. The summed E-state index contributed by atoms with van der Waals surface area (Å²) in [6.45, 7) is 2.16. The van der Waals surface area contributed by atoms with Crippen LogP contribution < -0.4 is 0 Å². The quantitative estimate of drug-likeness (QED) is 0.850. The minimum absolute atomic E-state index is 0.0194. The average molecular weight is 295 g/mol. The Balaban J connectivity index is 2.18. The molecule has 0 aliphatic rings. The van der Waals surface area contributed by atoms with E-state index < -0.39 is 9.84 Å². The predicted molar refractivity (Wildman–Crippen MR) is 80.1 cm³/mol. The summed E-state index contributed by atoms with van der Waals surface area (Å²) >= 11 is 1.40. The predicted octanol–water partition coefficient (Wildman–Crippen LogP) is 3.31. The Morgan fingerprint density at radius 3 is 2.47 bits per heavy atom. The molecule has 0 bridgehead atoms. The Labute approximate surface area is 118 Å². The molecule has 19 heavy (non-hydrogen) atoms. The van der Waals surface area contributed by atoms with Gasteiger partial charge in [-0.05, 0) is 12.0 Å². The van der Waals surface area contributed by atoms with E-state index in [1.54, 1.807) is 0 Å². The smallest absolute Gasteiger partial charge is 0.153 e. The van der Waals surface area contributed by atoms with Crippen molar-refractivity contribution in [1.29, 1.82) is 0 Å². The SMILES string of the molecule is CCCc1ccc(-c2csc(CS(C)(=O)=O)n2)cc1. The van der Waals surface area contributed by atoms with Crippen LogP contribution in [0.4, 0.5) is 0 Å². The van der Waals surface area contributed by atoms with E-state index in [2.05, 4.69) is 24.0 Å². The Kier molecular flexibility index (Phi) is 4.37. The van der Waals surface area contributed by atoms with Crippen LogP contribution >= 0.6 is 11.3 Å². The maximum Gasteiger partial charge on any atom is 0.153 e. The molecule has 0 aliphatic carbocycles. The van der Waals surface area contributed by atoms with Gasteiger partial charge in [0, 0.05) is 17.2 Å². The number of aromatic nitrogens is 1. The molecule has 0 radical (unpaired) electrons. The van der Waals surface area contributed by atoms with Gasteiger partial charge in [0.1, 0.15) is 10.8 Å². The van der Waals surface area contributed by atoms with Crippen LogP contribution in [0.25, 0.3) is 11.3 Å². The first-order valence-electron chi connectivity index (χ1n) is 6.19. The van der Waals surface area contributed by atoms with E-state index in [-0.39, 0.29) is 5.75 Å². The van der Waals surface area contributed by atoms with Gasteiger partial charge in [0.15, 0.2) is 9.84 Å². The molecular formula is C14H17NO2S2. The van der Waals surface area contributed by atoms with Gasteiger partial charge in [-0.15, -0.1) is 11.3 Å². The summed E-state index contributed by atoms with van der Waals surface area (Å²) in [7, 11) is -3.01. The second kappa shape index (κ2) is 5.84. The zero-order chi connectivity index (χ0) is 13.9. The van der Waals surface area contributed by atoms with Crippen LogP contribution in [0.2, 0.25) is 0 Å². The molecule has 1 aromatic heterocycles. The van der Waals surface area contributed by atoms with Crippen LogP contribution in [0.1, 0.15) is 23.9 Å². The summed E-state index contributed by atoms with van der Waals surface area (Å²) in [6.07, 6.45) is 3.44. The first kappa shape index (κ1) is 14.2. The van der Waals surface area contributed by atoms with Gasteiger partial charge in [0.2, 0.25) is 0 Å². The molecule has 0 spiro atoms. The topological polar surface area (TPSA) is 47.0 Å². The van der Waals surface area contributed by atoms with Crippen molar-refractivity contribution < 1.29 is 8.42 Å². The Bertz CT molecular complexity index is 642. The molecule has 0 unspecified atom stereocenters. The first-order chi connectivity index (χ1) is 8.98. The fourth-order valence-electron chi connectivity index (χ4n) is 1.86. The lowest BCUT2D eigenvalue weighted by Gasteiger charge is -2.00. The molecule has 0 N–H and O–H groups in total. The van der Waals surface area contributed by atoms with Gasteiger partial charge in [-0.2, -0.15) is 0 Å². The van der Waals surface area contributed by atoms with Crippen molar-refractivity contribution in [3.8, 4) is 11.3 Å². The Hall–Kier alpha value is -1.20. The number of sulfone groups is 1. The minimum atomic E-state index is -3.01. The van der Waals surface area contributed by atoms with Crippen molar-refractivity contribution in [2.75, 3.05) is 6.26 Å². The summed E-state index contributed by atoms with van der Waals surface area (Å²) in [5.41, 5.74) is 3.21. The molecule has 0 atom stereocenters. The standard InChI is InChI=1S/C14H17NO2S2/c1-3-4-11-5-7-12(8-6-11)13-9-18-14(15-13)10-19(2,16)17/h5-9H,3-4,10H2,1-2H3. The number of aryl methyl sites for hydroxylation is 1. The van der Waals surface area contributed by atoms with E-state index in [4.69, 9.17) is 0 Å². The average Bonchev–Trinajstić information content (AvgIpc) is 2.76. The molecule has 0 amide bonds. The van der Waals surface area contributed by atoms with Gasteiger partial charge in [-0.25, -0.2) is 13.4 Å². The summed E-state index contributed by atoms with van der Waals surface area (Å²) in [6, 6.07) is 8.30. The highest BCUT2D eigenvalue weighted by Gasteiger charge is 2.10. The number of hydrogen-bond acceptors (Lipinski definition) is 4. The van der Waals surface area contributed by atoms with Gasteiger partial charge in [-0.1, -0.05) is 37.6 Å². The van der Waals surface area contributed by atoms with Gasteiger partial charge >= 0.3 is 0 Å². The van der Waals surface area contributed by atoms with Crippen LogP contribution in [0.15, 0.2) is 29.6 Å². The van der Waals surface area contributed by atoms with Crippen molar-refractivity contribution in [2.24, 2.45) is 0 Å². The molecule has 3 nitrogen and oxygen atoms in total. The summed E-state index contributed by atoms with van der Waals surface area (Å²) in [5.74, 6) is 0.0194. The van der Waals surface area contributed by atoms with Gasteiger partial charge in [0.05, 0.1) is 5.69 Å². The summed E-state index contributed by atoms with van der Waals surface area (Å²) in [4.78, 5) is 4.38. The highest BCUT2D eigenvalue weighted by atomic mass is 32.2. The molecule has 0 fully saturated rings. The maximum atomic E-state index is 11.2. The Morgan fingerprint density at radius 1 is 1.21 bits per heavy atom. The number of rotatable bonds is 5. The molecule has 0 aliphatic heterocycles. The lowest BCUT2D eigenvalue weighted by Crippen LogP contribution is -1.99. The second-order valence-corrected chi connectivity index (χ2v) is 7.73. The first-order valence-corrected chi connectivity index (χ1v) is 9.13. The van der Waals surface area contributed by atoms with E-state index in [0.717, 1.165) is 24.1 Å². The lowest BCUT2D eigenvalue weighted by molar-refractivity contribution is 0.601. The zero-order valence-electron chi connectivity index (χ0n) is 11.1. The van der Waals surface area contributed by atoms with Crippen LogP contribution in [-0.4, -0.2) is 19.7 Å². The summed E-state index contributed by atoms with van der Waals surface area (Å²) < 4.78 is 22.5. The van der Waals surface area contributed by atoms with Gasteiger partial charge in [-0.3, -0.25) is 0 Å². The molecule has 0 saturated carbocycles. The van der Waals surface area contributed by atoms with Crippen molar-refractivity contribution in [3.63, 3.8) is 0 Å². The Morgan fingerprint density at radius 2 is 1.89 bits per heavy atom. The molecule has 102 valence electrons. The molecule has 2 rings (SSSR count). The third-order valence-electron chi connectivity index (χ3n) is 2.73. The monoisotopic (exact) mass is 295 g/mol. The normalized spacial score (nSPS) is 11.7. The van der Waals surface area contributed by atoms with E-state index in [1.165, 1.54) is 23.2 Å². The molecule has 0 saturated heterocycles. The molecule has 1 aromatic carbocycles. The highest BCUT2D eigenvalue weighted by molar-refractivity contribution is 7.90. The number of hydrogen-bond donors (Lipinski definition) is 0. The van der Waals surface area contributed by atoms with Crippen molar-refractivity contribution in [1.82, 2.24) is 4.98 Å². The van der Waals surface area contributed by atoms with E-state index in [9.17, 15) is 8.42 Å². The largest absolute Gasteiger partial charge is 0.240 e. The molecule has 2 aromatic rings. The van der Waals surface area contributed by atoms with E-state index >= 15 is 0 Å². The van der Waals surface area contributed by atoms with E-state index in [1.807, 2.05) is 17.5 Å². The molecule has 5 heteroatoms. The lowest BCUT2D eigenvalue weighted by atomic mass is 10.1. The third kappa shape index (κ3) is 4.14. The van der Waals surface area contributed by atoms with Crippen molar-refractivity contribution in [2.45, 2.75) is 25.5 Å². The molecular weight excluding hydrogens is 278 g/mol. The fraction of sp³-hybridized carbons (Fsp3) is 0.357. The van der Waals surface area contributed by atoms with Gasteiger partial charge < -0.3 is 0 Å². The van der Waals surface area contributed by atoms with E-state index in [0.29, 0.717) is 5.01 Å². The number of thiazole rings is 1. The van der Waals surface area contributed by atoms with Crippen molar-refractivity contribution in [3.05, 3.63) is 40.2 Å². The fourth-order valence-corrected chi connectivity index (χ4v) is 3.88. The minimum Gasteiger partial charge on any atom is -0.240 e. The second-order valence-electron chi connectivity index (χ2n) is 4.64. The summed E-state index contributed by atoms with van der Waals surface area (Å²) in [5, 5.41) is 2.56. The van der Waals surface area contributed by atoms with Crippen LogP contribution in [0.5, 0.6) is 0 Å². The molecule has 1 heterocycles. The maximum absolute atomic E-state index is 11.2. The highest BCUT2D eigenvalue weighted by Crippen LogP contribution is 2.23. The number of nitrogens with zero attached hydrogens (tertiary/aromatic N) is 1. The van der Waals surface area contributed by atoms with Gasteiger partial charge in [0.25, 0.3) is 0 Å². The van der Waals surface area contributed by atoms with Crippen LogP contribution in [0, 0.1) is 0 Å². The van der Waals surface area contributed by atoms with Crippen molar-refractivity contribution >= 4 is 21.2 Å². The van der Waals surface area contributed by atoms with Crippen LogP contribution in [-0.2, 0) is 22.0 Å².